The van der Waals surface area contributed by atoms with Crippen molar-refractivity contribution >= 4 is 0 Å². The summed E-state index contributed by atoms with van der Waals surface area (Å²) in [6.07, 6.45) is 2.32. The molecule has 108 valence electrons. The molecule has 0 amide bonds. The van der Waals surface area contributed by atoms with Gasteiger partial charge in [-0.05, 0) is 43.2 Å². The molecule has 0 heterocycles. The molecule has 0 aliphatic heterocycles. The molecule has 0 saturated carbocycles. The molecule has 0 fully saturated rings. The maximum Gasteiger partial charge on any atom is 0.0587 e. The highest BCUT2D eigenvalue weighted by Crippen LogP contribution is 2.27. The van der Waals surface area contributed by atoms with Crippen LogP contribution in [0.2, 0.25) is 0 Å². The van der Waals surface area contributed by atoms with Crippen LogP contribution in [-0.4, -0.2) is 26.8 Å². The fourth-order valence-corrected chi connectivity index (χ4v) is 2.33. The van der Waals surface area contributed by atoms with Crippen molar-refractivity contribution in [1.29, 1.82) is 0 Å². The molecule has 0 spiro atoms. The minimum atomic E-state index is 0.312. The Labute approximate surface area is 118 Å². The molecule has 2 nitrogen and oxygen atoms in total. The number of hydrogen-bond acceptors (Lipinski definition) is 2. The van der Waals surface area contributed by atoms with E-state index >= 15 is 0 Å². The SMILES string of the molecule is CCC(C)(CNCCOC)Cc1cc(C)ccc1C. The Hall–Kier alpha value is -0.860. The highest BCUT2D eigenvalue weighted by molar-refractivity contribution is 5.31. The number of benzene rings is 1. The molecule has 1 N–H and O–H groups in total. The van der Waals surface area contributed by atoms with Crippen LogP contribution >= 0.6 is 0 Å². The van der Waals surface area contributed by atoms with Crippen LogP contribution in [0.15, 0.2) is 18.2 Å². The summed E-state index contributed by atoms with van der Waals surface area (Å²) < 4.78 is 5.08. The molecule has 1 rings (SSSR count). The first-order valence-electron chi connectivity index (χ1n) is 7.26. The highest BCUT2D eigenvalue weighted by atomic mass is 16.5. The number of ether oxygens (including phenoxy) is 1. The van der Waals surface area contributed by atoms with Gasteiger partial charge in [0.2, 0.25) is 0 Å². The third-order valence-corrected chi connectivity index (χ3v) is 4.01. The van der Waals surface area contributed by atoms with E-state index in [1.165, 1.54) is 23.1 Å². The van der Waals surface area contributed by atoms with Gasteiger partial charge >= 0.3 is 0 Å². The van der Waals surface area contributed by atoms with E-state index in [1.807, 2.05) is 0 Å². The van der Waals surface area contributed by atoms with Crippen LogP contribution < -0.4 is 5.32 Å². The smallest absolute Gasteiger partial charge is 0.0587 e. The van der Waals surface area contributed by atoms with E-state index in [4.69, 9.17) is 4.74 Å². The fraction of sp³-hybridized carbons (Fsp3) is 0.647. The zero-order chi connectivity index (χ0) is 14.3. The minimum absolute atomic E-state index is 0.312. The van der Waals surface area contributed by atoms with Gasteiger partial charge in [-0.3, -0.25) is 0 Å². The normalized spacial score (nSPS) is 14.4. The van der Waals surface area contributed by atoms with E-state index in [0.717, 1.165) is 26.1 Å². The van der Waals surface area contributed by atoms with Crippen molar-refractivity contribution in [3.05, 3.63) is 34.9 Å². The van der Waals surface area contributed by atoms with Crippen LogP contribution in [0.25, 0.3) is 0 Å². The first-order chi connectivity index (χ1) is 9.00. The molecule has 0 aromatic heterocycles. The van der Waals surface area contributed by atoms with Gasteiger partial charge in [0, 0.05) is 20.2 Å². The number of nitrogens with one attached hydrogen (secondary N) is 1. The zero-order valence-corrected chi connectivity index (χ0v) is 13.2. The van der Waals surface area contributed by atoms with E-state index in [-0.39, 0.29) is 0 Å². The molecule has 0 radical (unpaired) electrons. The molecule has 1 aromatic carbocycles. The van der Waals surface area contributed by atoms with Crippen LogP contribution in [0.3, 0.4) is 0 Å². The molecule has 0 bridgehead atoms. The van der Waals surface area contributed by atoms with Crippen molar-refractivity contribution in [2.24, 2.45) is 5.41 Å². The Morgan fingerprint density at radius 3 is 2.63 bits per heavy atom. The maximum absolute atomic E-state index is 5.08. The van der Waals surface area contributed by atoms with E-state index < -0.39 is 0 Å². The average Bonchev–Trinajstić information content (AvgIpc) is 2.39. The van der Waals surface area contributed by atoms with Crippen LogP contribution in [0.4, 0.5) is 0 Å². The lowest BCUT2D eigenvalue weighted by Crippen LogP contribution is -2.35. The van der Waals surface area contributed by atoms with Crippen LogP contribution in [0.5, 0.6) is 0 Å². The molecule has 0 aliphatic carbocycles. The molecule has 0 aliphatic rings. The van der Waals surface area contributed by atoms with E-state index in [2.05, 4.69) is 51.2 Å². The second-order valence-corrected chi connectivity index (χ2v) is 5.94. The van der Waals surface area contributed by atoms with Gasteiger partial charge in [-0.2, -0.15) is 0 Å². The van der Waals surface area contributed by atoms with Gasteiger partial charge < -0.3 is 10.1 Å². The lowest BCUT2D eigenvalue weighted by molar-refractivity contribution is 0.191. The van der Waals surface area contributed by atoms with Crippen LogP contribution in [0, 0.1) is 19.3 Å². The Morgan fingerprint density at radius 2 is 2.00 bits per heavy atom. The van der Waals surface area contributed by atoms with E-state index in [0.29, 0.717) is 5.41 Å². The third-order valence-electron chi connectivity index (χ3n) is 4.01. The molecular weight excluding hydrogens is 234 g/mol. The van der Waals surface area contributed by atoms with Crippen molar-refractivity contribution in [2.75, 3.05) is 26.8 Å². The van der Waals surface area contributed by atoms with Gasteiger partial charge in [0.1, 0.15) is 0 Å². The second kappa shape index (κ2) is 7.66. The maximum atomic E-state index is 5.08. The van der Waals surface area contributed by atoms with Crippen molar-refractivity contribution in [3.63, 3.8) is 0 Å². The number of rotatable bonds is 8. The predicted molar refractivity (Wildman–Crippen MR) is 82.8 cm³/mol. The Bertz CT molecular complexity index is 389. The summed E-state index contributed by atoms with van der Waals surface area (Å²) in [7, 11) is 1.75. The summed E-state index contributed by atoms with van der Waals surface area (Å²) in [6.45, 7) is 11.8. The third kappa shape index (κ3) is 5.33. The van der Waals surface area contributed by atoms with E-state index in [1.54, 1.807) is 7.11 Å². The standard InChI is InChI=1S/C17H29NO/c1-6-17(4,13-18-9-10-19-5)12-16-11-14(2)7-8-15(16)3/h7-8,11,18H,6,9-10,12-13H2,1-5H3. The monoisotopic (exact) mass is 263 g/mol. The van der Waals surface area contributed by atoms with Gasteiger partial charge in [0.15, 0.2) is 0 Å². The topological polar surface area (TPSA) is 21.3 Å². The van der Waals surface area contributed by atoms with Crippen molar-refractivity contribution in [1.82, 2.24) is 5.32 Å². The quantitative estimate of drug-likeness (QED) is 0.725. The number of aryl methyl sites for hydroxylation is 2. The van der Waals surface area contributed by atoms with Gasteiger partial charge in [-0.15, -0.1) is 0 Å². The Balaban J connectivity index is 2.66. The van der Waals surface area contributed by atoms with Crippen molar-refractivity contribution in [2.45, 2.75) is 40.5 Å². The molecule has 19 heavy (non-hydrogen) atoms. The number of hydrogen-bond donors (Lipinski definition) is 1. The second-order valence-electron chi connectivity index (χ2n) is 5.94. The predicted octanol–water partition coefficient (Wildman–Crippen LogP) is 3.50. The van der Waals surface area contributed by atoms with Crippen molar-refractivity contribution < 1.29 is 4.74 Å². The lowest BCUT2D eigenvalue weighted by Gasteiger charge is -2.29. The Kier molecular flexibility index (Phi) is 6.53. The zero-order valence-electron chi connectivity index (χ0n) is 13.2. The average molecular weight is 263 g/mol. The largest absolute Gasteiger partial charge is 0.383 e. The first-order valence-corrected chi connectivity index (χ1v) is 7.26. The van der Waals surface area contributed by atoms with Gasteiger partial charge in [-0.25, -0.2) is 0 Å². The number of methoxy groups -OCH3 is 1. The van der Waals surface area contributed by atoms with Gasteiger partial charge in [0.05, 0.1) is 6.61 Å². The molecule has 0 saturated heterocycles. The van der Waals surface area contributed by atoms with Gasteiger partial charge in [0.25, 0.3) is 0 Å². The fourth-order valence-electron chi connectivity index (χ4n) is 2.33. The van der Waals surface area contributed by atoms with Crippen LogP contribution in [0.1, 0.15) is 37.0 Å². The first kappa shape index (κ1) is 16.2. The Morgan fingerprint density at radius 1 is 1.26 bits per heavy atom. The van der Waals surface area contributed by atoms with E-state index in [9.17, 15) is 0 Å². The summed E-state index contributed by atoms with van der Waals surface area (Å²) in [5.74, 6) is 0. The summed E-state index contributed by atoms with van der Waals surface area (Å²) in [5.41, 5.74) is 4.55. The minimum Gasteiger partial charge on any atom is -0.383 e. The highest BCUT2D eigenvalue weighted by Gasteiger charge is 2.22. The van der Waals surface area contributed by atoms with Gasteiger partial charge in [-0.1, -0.05) is 37.6 Å². The molecular formula is C17H29NO. The van der Waals surface area contributed by atoms with Crippen molar-refractivity contribution in [3.8, 4) is 0 Å². The summed E-state index contributed by atoms with van der Waals surface area (Å²) in [6, 6.07) is 6.76. The lowest BCUT2D eigenvalue weighted by atomic mass is 9.80. The van der Waals surface area contributed by atoms with Crippen LogP contribution in [-0.2, 0) is 11.2 Å². The molecule has 1 unspecified atom stereocenters. The molecule has 1 atom stereocenters. The summed E-state index contributed by atoms with van der Waals surface area (Å²) in [4.78, 5) is 0. The summed E-state index contributed by atoms with van der Waals surface area (Å²) >= 11 is 0. The summed E-state index contributed by atoms with van der Waals surface area (Å²) in [5, 5.41) is 3.51. The molecule has 1 aromatic rings. The molecule has 2 heteroatoms.